The lowest BCUT2D eigenvalue weighted by molar-refractivity contribution is 0.0948. The highest BCUT2D eigenvalue weighted by molar-refractivity contribution is 7.80. The molecule has 3 aromatic carbocycles. The largest absolute Gasteiger partial charge is 0.494 e. The molecule has 0 aromatic heterocycles. The van der Waals surface area contributed by atoms with Crippen LogP contribution in [0, 0.1) is 0 Å². The molecule has 0 radical (unpaired) electrons. The number of hydrogen-bond donors (Lipinski definition) is 3. The zero-order valence-corrected chi connectivity index (χ0v) is 19.3. The smallest absolute Gasteiger partial charge is 0.257 e. The number of hydrogen-bond acceptors (Lipinski definition) is 4. The summed E-state index contributed by atoms with van der Waals surface area (Å²) in [7, 11) is 0. The van der Waals surface area contributed by atoms with Gasteiger partial charge in [-0.2, -0.15) is 0 Å². The fraction of sp³-hybridized carbons (Fsp3) is 0.192. The van der Waals surface area contributed by atoms with E-state index in [0.717, 1.165) is 24.2 Å². The zero-order chi connectivity index (χ0) is 23.5. The summed E-state index contributed by atoms with van der Waals surface area (Å²) >= 11 is 5.26. The summed E-state index contributed by atoms with van der Waals surface area (Å²) in [5, 5.41) is 8.64. The number of unbranched alkanes of at least 4 members (excludes halogenated alkanes) is 1. The predicted octanol–water partition coefficient (Wildman–Crippen LogP) is 4.92. The molecule has 0 fully saturated rings. The van der Waals surface area contributed by atoms with Crippen LogP contribution in [0.15, 0.2) is 78.9 Å². The minimum atomic E-state index is -0.329. The standard InChI is InChI=1S/C26H27N3O3S/c1-2-3-16-32-23-14-12-20(13-15-23)25(31)29-26(33)28-22-11-7-10-21(17-22)24(30)27-18-19-8-5-4-6-9-19/h4-15,17H,2-3,16,18H2,1H3,(H,27,30)(H2,28,29,31,33). The van der Waals surface area contributed by atoms with Crippen LogP contribution in [-0.2, 0) is 6.54 Å². The number of carbonyl (C=O) groups is 2. The fourth-order valence-corrected chi connectivity index (χ4v) is 3.20. The molecule has 7 heteroatoms. The lowest BCUT2D eigenvalue weighted by Crippen LogP contribution is -2.34. The Labute approximate surface area is 199 Å². The maximum Gasteiger partial charge on any atom is 0.257 e. The fourth-order valence-electron chi connectivity index (χ4n) is 2.99. The van der Waals surface area contributed by atoms with Crippen molar-refractivity contribution < 1.29 is 14.3 Å². The molecule has 170 valence electrons. The second kappa shape index (κ2) is 12.4. The van der Waals surface area contributed by atoms with Gasteiger partial charge in [-0.15, -0.1) is 0 Å². The maximum atomic E-state index is 12.5. The van der Waals surface area contributed by atoms with Crippen molar-refractivity contribution in [1.82, 2.24) is 10.6 Å². The molecule has 0 saturated heterocycles. The predicted molar refractivity (Wildman–Crippen MR) is 135 cm³/mol. The van der Waals surface area contributed by atoms with Gasteiger partial charge in [0.25, 0.3) is 11.8 Å². The Morgan fingerprint density at radius 1 is 0.879 bits per heavy atom. The van der Waals surface area contributed by atoms with E-state index in [1.54, 1.807) is 48.5 Å². The summed E-state index contributed by atoms with van der Waals surface area (Å²) in [6.45, 7) is 3.19. The Bertz CT molecular complexity index is 1090. The molecule has 0 aliphatic carbocycles. The van der Waals surface area contributed by atoms with Gasteiger partial charge in [0.2, 0.25) is 0 Å². The summed E-state index contributed by atoms with van der Waals surface area (Å²) in [5.74, 6) is 0.200. The van der Waals surface area contributed by atoms with Gasteiger partial charge in [0.15, 0.2) is 5.11 Å². The summed E-state index contributed by atoms with van der Waals surface area (Å²) in [6.07, 6.45) is 2.05. The minimum Gasteiger partial charge on any atom is -0.494 e. The quantitative estimate of drug-likeness (QED) is 0.311. The van der Waals surface area contributed by atoms with Crippen molar-refractivity contribution >= 4 is 34.8 Å². The van der Waals surface area contributed by atoms with Crippen LogP contribution in [0.3, 0.4) is 0 Å². The van der Waals surface area contributed by atoms with E-state index in [0.29, 0.717) is 30.0 Å². The number of ether oxygens (including phenoxy) is 1. The molecule has 3 aromatic rings. The van der Waals surface area contributed by atoms with Gasteiger partial charge in [-0.05, 0) is 66.7 Å². The summed E-state index contributed by atoms with van der Waals surface area (Å²) in [4.78, 5) is 24.9. The normalized spacial score (nSPS) is 10.2. The molecule has 0 aliphatic heterocycles. The van der Waals surface area contributed by atoms with Crippen LogP contribution in [0.4, 0.5) is 5.69 Å². The van der Waals surface area contributed by atoms with Gasteiger partial charge in [-0.1, -0.05) is 49.7 Å². The zero-order valence-electron chi connectivity index (χ0n) is 18.5. The molecule has 3 N–H and O–H groups in total. The molecule has 0 bridgehead atoms. The minimum absolute atomic E-state index is 0.144. The van der Waals surface area contributed by atoms with Gasteiger partial charge in [-0.3, -0.25) is 14.9 Å². The topological polar surface area (TPSA) is 79.5 Å². The average Bonchev–Trinajstić information content (AvgIpc) is 2.84. The maximum absolute atomic E-state index is 12.5. The van der Waals surface area contributed by atoms with E-state index in [2.05, 4.69) is 22.9 Å². The number of benzene rings is 3. The SMILES string of the molecule is CCCCOc1ccc(C(=O)NC(=S)Nc2cccc(C(=O)NCc3ccccc3)c2)cc1. The third-order valence-corrected chi connectivity index (χ3v) is 4.99. The molecule has 2 amide bonds. The first-order valence-corrected chi connectivity index (χ1v) is 11.2. The Kier molecular flexibility index (Phi) is 8.97. The molecule has 0 spiro atoms. The van der Waals surface area contributed by atoms with E-state index in [4.69, 9.17) is 17.0 Å². The number of thiocarbonyl (C=S) groups is 1. The van der Waals surface area contributed by atoms with Crippen molar-refractivity contribution in [2.24, 2.45) is 0 Å². The van der Waals surface area contributed by atoms with E-state index < -0.39 is 0 Å². The van der Waals surface area contributed by atoms with E-state index in [9.17, 15) is 9.59 Å². The van der Waals surface area contributed by atoms with E-state index in [1.807, 2.05) is 30.3 Å². The Hall–Kier alpha value is -3.71. The number of nitrogens with one attached hydrogen (secondary N) is 3. The van der Waals surface area contributed by atoms with E-state index >= 15 is 0 Å². The number of amides is 2. The summed E-state index contributed by atoms with van der Waals surface area (Å²) < 4.78 is 5.61. The first-order valence-electron chi connectivity index (χ1n) is 10.8. The van der Waals surface area contributed by atoms with Gasteiger partial charge in [0.05, 0.1) is 6.61 Å². The van der Waals surface area contributed by atoms with Gasteiger partial charge >= 0.3 is 0 Å². The lowest BCUT2D eigenvalue weighted by atomic mass is 10.1. The number of anilines is 1. The molecule has 33 heavy (non-hydrogen) atoms. The lowest BCUT2D eigenvalue weighted by Gasteiger charge is -2.11. The van der Waals surface area contributed by atoms with Crippen LogP contribution in [-0.4, -0.2) is 23.5 Å². The van der Waals surface area contributed by atoms with Gasteiger partial charge in [0.1, 0.15) is 5.75 Å². The second-order valence-electron chi connectivity index (χ2n) is 7.38. The Morgan fingerprint density at radius 2 is 1.64 bits per heavy atom. The van der Waals surface area contributed by atoms with Crippen molar-refractivity contribution in [3.05, 3.63) is 95.6 Å². The highest BCUT2D eigenvalue weighted by Gasteiger charge is 2.10. The summed E-state index contributed by atoms with van der Waals surface area (Å²) in [6, 6.07) is 23.5. The molecule has 0 unspecified atom stereocenters. The number of carbonyl (C=O) groups excluding carboxylic acids is 2. The molecule has 6 nitrogen and oxygen atoms in total. The van der Waals surface area contributed by atoms with Crippen molar-refractivity contribution in [3.8, 4) is 5.75 Å². The van der Waals surface area contributed by atoms with Crippen LogP contribution < -0.4 is 20.7 Å². The Balaban J connectivity index is 1.51. The summed E-state index contributed by atoms with van der Waals surface area (Å²) in [5.41, 5.74) is 2.58. The van der Waals surface area contributed by atoms with Crippen molar-refractivity contribution in [2.75, 3.05) is 11.9 Å². The van der Waals surface area contributed by atoms with Crippen LogP contribution in [0.5, 0.6) is 5.75 Å². The van der Waals surface area contributed by atoms with Gasteiger partial charge in [-0.25, -0.2) is 0 Å². The van der Waals surface area contributed by atoms with Crippen LogP contribution in [0.25, 0.3) is 0 Å². The highest BCUT2D eigenvalue weighted by atomic mass is 32.1. The van der Waals surface area contributed by atoms with Gasteiger partial charge in [0, 0.05) is 23.4 Å². The van der Waals surface area contributed by atoms with Crippen LogP contribution >= 0.6 is 12.2 Å². The van der Waals surface area contributed by atoms with Crippen molar-refractivity contribution in [2.45, 2.75) is 26.3 Å². The van der Waals surface area contributed by atoms with Crippen molar-refractivity contribution in [1.29, 1.82) is 0 Å². The molecular weight excluding hydrogens is 434 g/mol. The molecule has 0 heterocycles. The number of rotatable bonds is 9. The first-order chi connectivity index (χ1) is 16.0. The molecule has 0 atom stereocenters. The monoisotopic (exact) mass is 461 g/mol. The first kappa shape index (κ1) is 23.9. The third-order valence-electron chi connectivity index (χ3n) is 4.79. The van der Waals surface area contributed by atoms with Crippen LogP contribution in [0.1, 0.15) is 46.0 Å². The molecular formula is C26H27N3O3S. The van der Waals surface area contributed by atoms with Crippen molar-refractivity contribution in [3.63, 3.8) is 0 Å². The van der Waals surface area contributed by atoms with Gasteiger partial charge < -0.3 is 15.4 Å². The van der Waals surface area contributed by atoms with E-state index in [-0.39, 0.29) is 16.9 Å². The third kappa shape index (κ3) is 7.73. The molecule has 0 saturated carbocycles. The van der Waals surface area contributed by atoms with E-state index in [1.165, 1.54) is 0 Å². The average molecular weight is 462 g/mol. The molecule has 0 aliphatic rings. The molecule has 3 rings (SSSR count). The highest BCUT2D eigenvalue weighted by Crippen LogP contribution is 2.14. The second-order valence-corrected chi connectivity index (χ2v) is 7.79. The van der Waals surface area contributed by atoms with Crippen LogP contribution in [0.2, 0.25) is 0 Å². The Morgan fingerprint density at radius 3 is 2.36 bits per heavy atom.